The number of halogens is 6. The second-order valence-corrected chi connectivity index (χ2v) is 4.26. The zero-order chi connectivity index (χ0) is 14.8. The summed E-state index contributed by atoms with van der Waals surface area (Å²) in [5.41, 5.74) is -1.40. The van der Waals surface area contributed by atoms with Crippen molar-refractivity contribution in [2.75, 3.05) is 0 Å². The van der Waals surface area contributed by atoms with Gasteiger partial charge in [0.05, 0.1) is 6.42 Å². The molecule has 0 unspecified atom stereocenters. The van der Waals surface area contributed by atoms with E-state index in [-0.39, 0.29) is 0 Å². The molecule has 0 bridgehead atoms. The topological polar surface area (TPSA) is 59.4 Å². The Bertz CT molecular complexity index is 491. The van der Waals surface area contributed by atoms with E-state index in [2.05, 4.69) is 9.72 Å². The predicted molar refractivity (Wildman–Crippen MR) is 59.9 cm³/mol. The fraction of sp³-hybridized carbons (Fsp3) is 0.333. The summed E-state index contributed by atoms with van der Waals surface area (Å²) in [6.45, 7) is 0. The molecule has 0 atom stereocenters. The van der Waals surface area contributed by atoms with Crippen molar-refractivity contribution in [3.8, 4) is 5.75 Å². The number of ether oxygens (including phenoxy) is 1. The summed E-state index contributed by atoms with van der Waals surface area (Å²) in [6, 6.07) is 0.609. The monoisotopic (exact) mass is 397 g/mol. The van der Waals surface area contributed by atoms with Crippen LogP contribution in [0.4, 0.5) is 22.0 Å². The highest BCUT2D eigenvalue weighted by molar-refractivity contribution is 14.1. The molecular weight excluding hydrogens is 392 g/mol. The minimum Gasteiger partial charge on any atom is -0.481 e. The van der Waals surface area contributed by atoms with Crippen molar-refractivity contribution in [1.82, 2.24) is 4.98 Å². The van der Waals surface area contributed by atoms with Gasteiger partial charge >= 0.3 is 12.3 Å². The molecule has 0 saturated heterocycles. The lowest BCUT2D eigenvalue weighted by Gasteiger charge is -2.13. The van der Waals surface area contributed by atoms with E-state index >= 15 is 0 Å². The number of hydrogen-bond donors (Lipinski definition) is 1. The SMILES string of the molecule is O=C(O)Cc1cc(OC(F)(F)F)c(I)nc1C(F)F. The summed E-state index contributed by atoms with van der Waals surface area (Å²) in [4.78, 5) is 13.7. The number of carboxylic acid groups (broad SMARTS) is 1. The number of carbonyl (C=O) groups is 1. The Hall–Kier alpha value is -1.20. The number of aliphatic carboxylic acids is 1. The second kappa shape index (κ2) is 5.84. The first-order valence-corrected chi connectivity index (χ1v) is 5.63. The van der Waals surface area contributed by atoms with E-state index in [9.17, 15) is 26.7 Å². The van der Waals surface area contributed by atoms with Crippen LogP contribution in [0.2, 0.25) is 0 Å². The Kier molecular flexibility index (Phi) is 4.87. The van der Waals surface area contributed by atoms with Crippen LogP contribution in [0.25, 0.3) is 0 Å². The van der Waals surface area contributed by atoms with Crippen LogP contribution in [0.3, 0.4) is 0 Å². The van der Waals surface area contributed by atoms with E-state index in [0.29, 0.717) is 6.07 Å². The maximum absolute atomic E-state index is 12.6. The molecule has 10 heteroatoms. The number of hydrogen-bond acceptors (Lipinski definition) is 3. The summed E-state index contributed by atoms with van der Waals surface area (Å²) < 4.78 is 64.5. The number of pyridine rings is 1. The maximum atomic E-state index is 12.6. The van der Waals surface area contributed by atoms with Gasteiger partial charge in [0.15, 0.2) is 5.75 Å². The van der Waals surface area contributed by atoms with E-state index in [1.54, 1.807) is 0 Å². The number of alkyl halides is 5. The lowest BCUT2D eigenvalue weighted by atomic mass is 10.1. The van der Waals surface area contributed by atoms with E-state index < -0.39 is 45.9 Å². The molecule has 1 heterocycles. The van der Waals surface area contributed by atoms with Crippen molar-refractivity contribution in [1.29, 1.82) is 0 Å². The summed E-state index contributed by atoms with van der Waals surface area (Å²) in [6.07, 6.45) is -8.99. The molecule has 0 amide bonds. The van der Waals surface area contributed by atoms with Gasteiger partial charge in [0.1, 0.15) is 9.39 Å². The summed E-state index contributed by atoms with van der Waals surface area (Å²) in [5, 5.41) is 8.53. The van der Waals surface area contributed by atoms with Crippen LogP contribution in [0.5, 0.6) is 5.75 Å². The third-order valence-corrected chi connectivity index (χ3v) is 2.60. The van der Waals surface area contributed by atoms with Crippen LogP contribution >= 0.6 is 22.6 Å². The molecule has 0 aliphatic carbocycles. The van der Waals surface area contributed by atoms with Crippen LogP contribution in [0.1, 0.15) is 17.7 Å². The minimum atomic E-state index is -5.02. The smallest absolute Gasteiger partial charge is 0.481 e. The average molecular weight is 397 g/mol. The van der Waals surface area contributed by atoms with Gasteiger partial charge in [-0.25, -0.2) is 13.8 Å². The molecule has 1 N–H and O–H groups in total. The van der Waals surface area contributed by atoms with E-state index in [1.807, 2.05) is 0 Å². The van der Waals surface area contributed by atoms with Gasteiger partial charge in [-0.15, -0.1) is 13.2 Å². The average Bonchev–Trinajstić information content (AvgIpc) is 2.19. The first-order valence-electron chi connectivity index (χ1n) is 4.55. The molecule has 1 aromatic heterocycles. The van der Waals surface area contributed by atoms with Gasteiger partial charge in [-0.2, -0.15) is 0 Å². The Morgan fingerprint density at radius 1 is 1.47 bits per heavy atom. The van der Waals surface area contributed by atoms with Crippen molar-refractivity contribution in [2.24, 2.45) is 0 Å². The zero-order valence-electron chi connectivity index (χ0n) is 8.84. The number of rotatable bonds is 4. The molecule has 0 fully saturated rings. The normalized spacial score (nSPS) is 11.7. The molecule has 4 nitrogen and oxygen atoms in total. The third-order valence-electron chi connectivity index (χ3n) is 1.83. The summed E-state index contributed by atoms with van der Waals surface area (Å²) >= 11 is 1.29. The molecule has 0 saturated carbocycles. The maximum Gasteiger partial charge on any atom is 0.573 e. The van der Waals surface area contributed by atoms with Crippen molar-refractivity contribution in [2.45, 2.75) is 19.2 Å². The van der Waals surface area contributed by atoms with E-state index in [0.717, 1.165) is 0 Å². The van der Waals surface area contributed by atoms with Crippen molar-refractivity contribution < 1.29 is 36.6 Å². The van der Waals surface area contributed by atoms with Gasteiger partial charge in [0.25, 0.3) is 6.43 Å². The molecule has 0 spiro atoms. The van der Waals surface area contributed by atoms with Crippen LogP contribution in [0.15, 0.2) is 6.07 Å². The van der Waals surface area contributed by atoms with Crippen LogP contribution in [-0.2, 0) is 11.2 Å². The van der Waals surface area contributed by atoms with Gasteiger partial charge in [-0.3, -0.25) is 4.79 Å². The zero-order valence-corrected chi connectivity index (χ0v) is 11.0. The number of nitrogens with zero attached hydrogens (tertiary/aromatic N) is 1. The molecule has 0 aliphatic heterocycles. The van der Waals surface area contributed by atoms with Crippen LogP contribution < -0.4 is 4.74 Å². The molecule has 106 valence electrons. The third kappa shape index (κ3) is 4.76. The fourth-order valence-electron chi connectivity index (χ4n) is 1.21. The summed E-state index contributed by atoms with van der Waals surface area (Å²) in [5.74, 6) is -2.28. The van der Waals surface area contributed by atoms with Crippen molar-refractivity contribution in [3.05, 3.63) is 21.0 Å². The first kappa shape index (κ1) is 15.9. The fourth-order valence-corrected chi connectivity index (χ4v) is 1.74. The van der Waals surface area contributed by atoms with E-state index in [4.69, 9.17) is 5.11 Å². The largest absolute Gasteiger partial charge is 0.573 e. The number of carboxylic acids is 1. The Labute approximate surface area is 116 Å². The Morgan fingerprint density at radius 3 is 2.47 bits per heavy atom. The van der Waals surface area contributed by atoms with Gasteiger partial charge in [-0.1, -0.05) is 0 Å². The molecule has 1 aromatic rings. The summed E-state index contributed by atoms with van der Waals surface area (Å²) in [7, 11) is 0. The molecule has 0 aromatic carbocycles. The van der Waals surface area contributed by atoms with E-state index in [1.165, 1.54) is 22.6 Å². The molecular formula is C9H5F5INO3. The molecule has 0 aliphatic rings. The van der Waals surface area contributed by atoms with Gasteiger partial charge in [0.2, 0.25) is 0 Å². The first-order chi connectivity index (χ1) is 8.60. The number of aromatic nitrogens is 1. The van der Waals surface area contributed by atoms with Crippen LogP contribution in [-0.4, -0.2) is 22.4 Å². The van der Waals surface area contributed by atoms with Gasteiger partial charge in [0, 0.05) is 0 Å². The van der Waals surface area contributed by atoms with Crippen LogP contribution in [0, 0.1) is 3.70 Å². The van der Waals surface area contributed by atoms with Gasteiger partial charge < -0.3 is 9.84 Å². The standard InChI is InChI=1S/C9H5F5INO3/c10-7(11)6-3(2-5(17)18)1-4(8(15)16-6)19-9(12,13)14/h1,7H,2H2,(H,17,18). The quantitative estimate of drug-likeness (QED) is 0.482. The van der Waals surface area contributed by atoms with Gasteiger partial charge in [-0.05, 0) is 34.2 Å². The second-order valence-electron chi connectivity index (χ2n) is 3.24. The highest BCUT2D eigenvalue weighted by Gasteiger charge is 2.33. The molecule has 1 rings (SSSR count). The minimum absolute atomic E-state index is 0.431. The molecule has 0 radical (unpaired) electrons. The highest BCUT2D eigenvalue weighted by atomic mass is 127. The Morgan fingerprint density at radius 2 is 2.05 bits per heavy atom. The Balaban J connectivity index is 3.25. The predicted octanol–water partition coefficient (Wildman–Crippen LogP) is 3.15. The lowest BCUT2D eigenvalue weighted by molar-refractivity contribution is -0.275. The lowest BCUT2D eigenvalue weighted by Crippen LogP contribution is -2.19. The van der Waals surface area contributed by atoms with Crippen molar-refractivity contribution >= 4 is 28.6 Å². The molecule has 19 heavy (non-hydrogen) atoms. The van der Waals surface area contributed by atoms with Crippen molar-refractivity contribution in [3.63, 3.8) is 0 Å². The highest BCUT2D eigenvalue weighted by Crippen LogP contribution is 2.31.